The molecule has 5 heteroatoms. The van der Waals surface area contributed by atoms with E-state index in [2.05, 4.69) is 12.2 Å². The molecule has 3 nitrogen and oxygen atoms in total. The number of thiocarbonyl (C=S) groups is 1. The number of nitrogens with two attached hydrogens (primary N) is 1. The Labute approximate surface area is 112 Å². The summed E-state index contributed by atoms with van der Waals surface area (Å²) >= 11 is 6.95. The van der Waals surface area contributed by atoms with E-state index in [-0.39, 0.29) is 5.91 Å². The van der Waals surface area contributed by atoms with E-state index < -0.39 is 5.41 Å². The van der Waals surface area contributed by atoms with Gasteiger partial charge in [-0.3, -0.25) is 4.79 Å². The molecule has 0 saturated heterocycles. The maximum Gasteiger partial charge on any atom is 0.233 e. The molecule has 0 heterocycles. The van der Waals surface area contributed by atoms with Crippen molar-refractivity contribution in [1.82, 2.24) is 5.32 Å². The lowest BCUT2D eigenvalue weighted by Crippen LogP contribution is -2.46. The van der Waals surface area contributed by atoms with Gasteiger partial charge in [0.2, 0.25) is 5.91 Å². The van der Waals surface area contributed by atoms with Crippen LogP contribution in [0.3, 0.4) is 0 Å². The molecule has 17 heavy (non-hydrogen) atoms. The van der Waals surface area contributed by atoms with Crippen molar-refractivity contribution in [3.05, 3.63) is 0 Å². The Kier molecular flexibility index (Phi) is 3.98. The zero-order valence-corrected chi connectivity index (χ0v) is 11.8. The van der Waals surface area contributed by atoms with Crippen molar-refractivity contribution in [3.8, 4) is 0 Å². The molecule has 0 bridgehead atoms. The lowest BCUT2D eigenvalue weighted by Gasteiger charge is -2.23. The zero-order valence-electron chi connectivity index (χ0n) is 10.2. The Bertz CT molecular complexity index is 328. The number of amides is 1. The van der Waals surface area contributed by atoms with E-state index in [4.69, 9.17) is 18.0 Å². The monoisotopic (exact) mass is 272 g/mol. The Hall–Kier alpha value is -0.290. The van der Waals surface area contributed by atoms with Crippen LogP contribution in [-0.4, -0.2) is 27.9 Å². The van der Waals surface area contributed by atoms with E-state index in [1.807, 2.05) is 11.8 Å². The van der Waals surface area contributed by atoms with Crippen molar-refractivity contribution in [2.24, 2.45) is 11.1 Å². The number of carbonyl (C=O) groups excluding carboxylic acids is 1. The summed E-state index contributed by atoms with van der Waals surface area (Å²) < 4.78 is 0. The predicted octanol–water partition coefficient (Wildman–Crippen LogP) is 1.84. The summed E-state index contributed by atoms with van der Waals surface area (Å²) in [7, 11) is 0. The SMILES string of the molecule is CCSC1CCCC1NC(=O)C1(C(N)=S)CC1. The minimum absolute atomic E-state index is 0.0682. The second-order valence-electron chi connectivity index (χ2n) is 4.95. The molecule has 0 aromatic heterocycles. The fourth-order valence-corrected chi connectivity index (χ4v) is 4.02. The molecule has 1 amide bonds. The molecule has 2 aliphatic rings. The number of thioether (sulfide) groups is 1. The minimum atomic E-state index is -0.501. The van der Waals surface area contributed by atoms with Crippen LogP contribution in [0.1, 0.15) is 39.0 Å². The molecule has 2 unspecified atom stereocenters. The van der Waals surface area contributed by atoms with E-state index in [1.54, 1.807) is 0 Å². The summed E-state index contributed by atoms with van der Waals surface area (Å²) in [5.41, 5.74) is 5.17. The van der Waals surface area contributed by atoms with Crippen LogP contribution in [0.4, 0.5) is 0 Å². The predicted molar refractivity (Wildman–Crippen MR) is 76.2 cm³/mol. The summed E-state index contributed by atoms with van der Waals surface area (Å²) in [4.78, 5) is 12.6. The first-order valence-electron chi connectivity index (χ1n) is 6.32. The van der Waals surface area contributed by atoms with E-state index in [9.17, 15) is 4.79 Å². The molecule has 2 atom stereocenters. The Balaban J connectivity index is 1.92. The molecule has 2 rings (SSSR count). The molecule has 0 aliphatic heterocycles. The molecule has 0 radical (unpaired) electrons. The van der Waals surface area contributed by atoms with Gasteiger partial charge in [0.15, 0.2) is 0 Å². The standard InChI is InChI=1S/C12H20N2OS2/c1-2-17-9-5-3-4-8(9)14-11(15)12(6-7-12)10(13)16/h8-9H,2-7H2,1H3,(H2,13,16)(H,14,15). The highest BCUT2D eigenvalue weighted by Gasteiger charge is 2.53. The number of hydrogen-bond donors (Lipinski definition) is 2. The van der Waals surface area contributed by atoms with Crippen LogP contribution >= 0.6 is 24.0 Å². The molecule has 0 spiro atoms. The van der Waals surface area contributed by atoms with Crippen molar-refractivity contribution in [1.29, 1.82) is 0 Å². The minimum Gasteiger partial charge on any atom is -0.392 e. The Morgan fingerprint density at radius 3 is 2.76 bits per heavy atom. The van der Waals surface area contributed by atoms with Crippen molar-refractivity contribution in [2.45, 2.75) is 50.3 Å². The highest BCUT2D eigenvalue weighted by Crippen LogP contribution is 2.46. The van der Waals surface area contributed by atoms with Crippen molar-refractivity contribution >= 4 is 34.9 Å². The molecular formula is C12H20N2OS2. The molecule has 2 fully saturated rings. The first-order chi connectivity index (χ1) is 8.10. The summed E-state index contributed by atoms with van der Waals surface area (Å²) in [6.07, 6.45) is 5.17. The lowest BCUT2D eigenvalue weighted by atomic mass is 10.1. The highest BCUT2D eigenvalue weighted by molar-refractivity contribution is 7.99. The molecule has 2 aliphatic carbocycles. The fraction of sp³-hybridized carbons (Fsp3) is 0.833. The van der Waals surface area contributed by atoms with Gasteiger partial charge >= 0.3 is 0 Å². The summed E-state index contributed by atoms with van der Waals surface area (Å²) in [5, 5.41) is 3.75. The largest absolute Gasteiger partial charge is 0.392 e. The van der Waals surface area contributed by atoms with Crippen LogP contribution < -0.4 is 11.1 Å². The van der Waals surface area contributed by atoms with E-state index >= 15 is 0 Å². The van der Waals surface area contributed by atoms with E-state index in [0.29, 0.717) is 16.3 Å². The van der Waals surface area contributed by atoms with Crippen molar-refractivity contribution in [3.63, 3.8) is 0 Å². The topological polar surface area (TPSA) is 55.1 Å². The molecule has 2 saturated carbocycles. The molecule has 3 N–H and O–H groups in total. The summed E-state index contributed by atoms with van der Waals surface area (Å²) in [6.45, 7) is 2.17. The Morgan fingerprint density at radius 1 is 1.53 bits per heavy atom. The first-order valence-corrected chi connectivity index (χ1v) is 7.78. The van der Waals surface area contributed by atoms with Crippen LogP contribution in [0.25, 0.3) is 0 Å². The van der Waals surface area contributed by atoms with Gasteiger partial charge in [0.25, 0.3) is 0 Å². The average Bonchev–Trinajstić information content (AvgIpc) is 2.99. The summed E-state index contributed by atoms with van der Waals surface area (Å²) in [6, 6.07) is 0.319. The highest BCUT2D eigenvalue weighted by atomic mass is 32.2. The van der Waals surface area contributed by atoms with Gasteiger partial charge < -0.3 is 11.1 Å². The van der Waals surface area contributed by atoms with Crippen LogP contribution in [0.15, 0.2) is 0 Å². The third-order valence-corrected chi connectivity index (χ3v) is 5.52. The number of nitrogens with one attached hydrogen (secondary N) is 1. The Morgan fingerprint density at radius 2 is 2.24 bits per heavy atom. The van der Waals surface area contributed by atoms with Gasteiger partial charge in [-0.25, -0.2) is 0 Å². The first kappa shape index (κ1) is 13.1. The maximum absolute atomic E-state index is 12.2. The third-order valence-electron chi connectivity index (χ3n) is 3.81. The second kappa shape index (κ2) is 5.14. The van der Waals surface area contributed by atoms with Gasteiger partial charge in [-0.2, -0.15) is 11.8 Å². The maximum atomic E-state index is 12.2. The number of rotatable bonds is 5. The lowest BCUT2D eigenvalue weighted by molar-refractivity contribution is -0.124. The normalized spacial score (nSPS) is 29.9. The zero-order chi connectivity index (χ0) is 12.5. The number of carbonyl (C=O) groups is 1. The van der Waals surface area contributed by atoms with Gasteiger partial charge in [-0.05, 0) is 31.4 Å². The third kappa shape index (κ3) is 2.60. The van der Waals surface area contributed by atoms with Gasteiger partial charge in [0.1, 0.15) is 0 Å². The van der Waals surface area contributed by atoms with Crippen molar-refractivity contribution in [2.75, 3.05) is 5.75 Å². The molecule has 0 aromatic rings. The van der Waals surface area contributed by atoms with Crippen LogP contribution in [0.5, 0.6) is 0 Å². The smallest absolute Gasteiger partial charge is 0.233 e. The molecule has 0 aromatic carbocycles. The fourth-order valence-electron chi connectivity index (χ4n) is 2.52. The van der Waals surface area contributed by atoms with Gasteiger partial charge in [0.05, 0.1) is 10.4 Å². The van der Waals surface area contributed by atoms with Gasteiger partial charge in [-0.1, -0.05) is 25.6 Å². The average molecular weight is 272 g/mol. The van der Waals surface area contributed by atoms with Crippen molar-refractivity contribution < 1.29 is 4.79 Å². The summed E-state index contributed by atoms with van der Waals surface area (Å²) in [5.74, 6) is 1.18. The second-order valence-corrected chi connectivity index (χ2v) is 6.91. The van der Waals surface area contributed by atoms with Gasteiger partial charge in [-0.15, -0.1) is 0 Å². The number of hydrogen-bond acceptors (Lipinski definition) is 3. The van der Waals surface area contributed by atoms with Crippen LogP contribution in [0.2, 0.25) is 0 Å². The molecular weight excluding hydrogens is 252 g/mol. The van der Waals surface area contributed by atoms with Crippen LogP contribution in [0, 0.1) is 5.41 Å². The molecule has 96 valence electrons. The van der Waals surface area contributed by atoms with Crippen LogP contribution in [-0.2, 0) is 4.79 Å². The van der Waals surface area contributed by atoms with E-state index in [0.717, 1.165) is 25.0 Å². The quantitative estimate of drug-likeness (QED) is 0.750. The van der Waals surface area contributed by atoms with E-state index in [1.165, 1.54) is 12.8 Å². The van der Waals surface area contributed by atoms with Gasteiger partial charge in [0, 0.05) is 11.3 Å².